The van der Waals surface area contributed by atoms with Crippen LogP contribution in [0.15, 0.2) is 18.5 Å². The van der Waals surface area contributed by atoms with Crippen LogP contribution in [0.5, 0.6) is 0 Å². The smallest absolute Gasteiger partial charge is 0.0223 e. The second kappa shape index (κ2) is 5.20. The molecule has 1 fully saturated rings. The largest absolute Gasteiger partial charge is 0.367 e. The lowest BCUT2D eigenvalue weighted by Gasteiger charge is -2.15. The minimum absolute atomic E-state index is 0.757. The third kappa shape index (κ3) is 2.88. The number of nitrogens with one attached hydrogen (secondary N) is 2. The van der Waals surface area contributed by atoms with Crippen molar-refractivity contribution in [3.8, 4) is 0 Å². The van der Waals surface area contributed by atoms with Gasteiger partial charge in [-0.25, -0.2) is 0 Å². The number of hydrogen-bond donors (Lipinski definition) is 2. The first-order chi connectivity index (χ1) is 6.95. The van der Waals surface area contributed by atoms with E-state index in [9.17, 15) is 0 Å². The Labute approximate surface area is 86.1 Å². The predicted molar refractivity (Wildman–Crippen MR) is 59.1 cm³/mol. The van der Waals surface area contributed by atoms with Crippen molar-refractivity contribution in [3.63, 3.8) is 0 Å². The molecule has 1 aliphatic carbocycles. The molecule has 0 aromatic carbocycles. The van der Waals surface area contributed by atoms with Gasteiger partial charge < -0.3 is 10.3 Å². The molecule has 78 valence electrons. The average molecular weight is 192 g/mol. The van der Waals surface area contributed by atoms with E-state index < -0.39 is 0 Å². The van der Waals surface area contributed by atoms with Gasteiger partial charge in [-0.05, 0) is 24.5 Å². The van der Waals surface area contributed by atoms with Crippen LogP contribution in [0.25, 0.3) is 0 Å². The summed E-state index contributed by atoms with van der Waals surface area (Å²) >= 11 is 0. The zero-order valence-corrected chi connectivity index (χ0v) is 8.76. The van der Waals surface area contributed by atoms with E-state index in [2.05, 4.69) is 22.6 Å². The molecule has 1 aromatic rings. The number of rotatable bonds is 3. The van der Waals surface area contributed by atoms with Crippen LogP contribution < -0.4 is 5.32 Å². The van der Waals surface area contributed by atoms with Crippen LogP contribution in [-0.4, -0.2) is 11.0 Å². The average Bonchev–Trinajstić information content (AvgIpc) is 2.58. The normalized spacial score (nSPS) is 19.4. The van der Waals surface area contributed by atoms with Gasteiger partial charge in [0.15, 0.2) is 0 Å². The fourth-order valence-corrected chi connectivity index (χ4v) is 2.21. The van der Waals surface area contributed by atoms with E-state index in [0.29, 0.717) is 0 Å². The fraction of sp³-hybridized carbons (Fsp3) is 0.667. The molecule has 0 radical (unpaired) electrons. The summed E-state index contributed by atoms with van der Waals surface area (Å²) in [7, 11) is 0. The van der Waals surface area contributed by atoms with Crippen molar-refractivity contribution >= 4 is 0 Å². The van der Waals surface area contributed by atoms with Gasteiger partial charge in [-0.2, -0.15) is 0 Å². The summed E-state index contributed by atoms with van der Waals surface area (Å²) in [6, 6.07) is 2.90. The van der Waals surface area contributed by atoms with Crippen LogP contribution in [0, 0.1) is 0 Å². The zero-order chi connectivity index (χ0) is 9.64. The van der Waals surface area contributed by atoms with Crippen molar-refractivity contribution in [1.82, 2.24) is 10.3 Å². The topological polar surface area (TPSA) is 27.8 Å². The Kier molecular flexibility index (Phi) is 3.64. The van der Waals surface area contributed by atoms with Crippen molar-refractivity contribution in [2.75, 3.05) is 0 Å². The summed E-state index contributed by atoms with van der Waals surface area (Å²) in [5, 5.41) is 3.64. The highest BCUT2D eigenvalue weighted by atomic mass is 14.9. The fourth-order valence-electron chi connectivity index (χ4n) is 2.21. The Morgan fingerprint density at radius 1 is 1.21 bits per heavy atom. The highest BCUT2D eigenvalue weighted by Crippen LogP contribution is 2.17. The lowest BCUT2D eigenvalue weighted by molar-refractivity contribution is 0.459. The van der Waals surface area contributed by atoms with E-state index in [-0.39, 0.29) is 0 Å². The first-order valence-corrected chi connectivity index (χ1v) is 5.80. The molecule has 0 aliphatic heterocycles. The summed E-state index contributed by atoms with van der Waals surface area (Å²) in [6.45, 7) is 1.02. The monoisotopic (exact) mass is 192 g/mol. The summed E-state index contributed by atoms with van der Waals surface area (Å²) in [5.41, 5.74) is 1.37. The van der Waals surface area contributed by atoms with Crippen LogP contribution in [0.3, 0.4) is 0 Å². The first kappa shape index (κ1) is 9.78. The van der Waals surface area contributed by atoms with Crippen LogP contribution in [-0.2, 0) is 6.54 Å². The number of H-pyrrole nitrogens is 1. The minimum atomic E-state index is 0.757. The van der Waals surface area contributed by atoms with E-state index >= 15 is 0 Å². The molecule has 1 aromatic heterocycles. The van der Waals surface area contributed by atoms with Crippen molar-refractivity contribution in [1.29, 1.82) is 0 Å². The van der Waals surface area contributed by atoms with Crippen LogP contribution in [0.1, 0.15) is 44.1 Å². The van der Waals surface area contributed by atoms with Crippen molar-refractivity contribution in [3.05, 3.63) is 24.0 Å². The van der Waals surface area contributed by atoms with Gasteiger partial charge in [-0.15, -0.1) is 0 Å². The summed E-state index contributed by atoms with van der Waals surface area (Å²) in [5.74, 6) is 0. The van der Waals surface area contributed by atoms with Gasteiger partial charge in [-0.1, -0.05) is 25.7 Å². The summed E-state index contributed by atoms with van der Waals surface area (Å²) in [4.78, 5) is 3.09. The first-order valence-electron chi connectivity index (χ1n) is 5.80. The molecule has 1 heterocycles. The van der Waals surface area contributed by atoms with Gasteiger partial charge in [0.2, 0.25) is 0 Å². The molecule has 1 aliphatic rings. The van der Waals surface area contributed by atoms with E-state index in [1.54, 1.807) is 0 Å². The van der Waals surface area contributed by atoms with Gasteiger partial charge >= 0.3 is 0 Å². The Morgan fingerprint density at radius 3 is 2.64 bits per heavy atom. The molecule has 0 amide bonds. The summed E-state index contributed by atoms with van der Waals surface area (Å²) in [6.07, 6.45) is 12.5. The van der Waals surface area contributed by atoms with Crippen LogP contribution >= 0.6 is 0 Å². The standard InChI is InChI=1S/C12H20N2/c1-2-4-6-12(5-3-1)14-10-11-7-8-13-9-11/h7-9,12-14H,1-6,10H2. The quantitative estimate of drug-likeness (QED) is 0.708. The Bertz CT molecular complexity index is 233. The molecule has 0 bridgehead atoms. The molecule has 1 saturated carbocycles. The molecule has 0 saturated heterocycles. The molecule has 2 heteroatoms. The van der Waals surface area contributed by atoms with Gasteiger partial charge in [0.05, 0.1) is 0 Å². The molecular formula is C12H20N2. The van der Waals surface area contributed by atoms with Crippen molar-refractivity contribution in [2.45, 2.75) is 51.1 Å². The van der Waals surface area contributed by atoms with E-state index in [1.807, 2.05) is 6.20 Å². The Morgan fingerprint density at radius 2 is 2.00 bits per heavy atom. The molecule has 0 unspecified atom stereocenters. The third-order valence-corrected chi connectivity index (χ3v) is 3.11. The molecule has 2 rings (SSSR count). The second-order valence-electron chi connectivity index (χ2n) is 4.29. The van der Waals surface area contributed by atoms with Crippen molar-refractivity contribution in [2.24, 2.45) is 0 Å². The predicted octanol–water partition coefficient (Wildman–Crippen LogP) is 2.83. The third-order valence-electron chi connectivity index (χ3n) is 3.11. The highest BCUT2D eigenvalue weighted by Gasteiger charge is 2.10. The molecule has 0 atom stereocenters. The lowest BCUT2D eigenvalue weighted by atomic mass is 10.1. The number of aromatic nitrogens is 1. The Balaban J connectivity index is 1.73. The van der Waals surface area contributed by atoms with E-state index in [0.717, 1.165) is 12.6 Å². The van der Waals surface area contributed by atoms with Crippen LogP contribution in [0.2, 0.25) is 0 Å². The molecule has 2 nitrogen and oxygen atoms in total. The highest BCUT2D eigenvalue weighted by molar-refractivity contribution is 5.07. The molecule has 14 heavy (non-hydrogen) atoms. The van der Waals surface area contributed by atoms with Gasteiger partial charge in [0.1, 0.15) is 0 Å². The summed E-state index contributed by atoms with van der Waals surface area (Å²) < 4.78 is 0. The minimum Gasteiger partial charge on any atom is -0.367 e. The maximum Gasteiger partial charge on any atom is 0.0223 e. The van der Waals surface area contributed by atoms with Gasteiger partial charge in [0, 0.05) is 25.0 Å². The zero-order valence-electron chi connectivity index (χ0n) is 8.76. The maximum absolute atomic E-state index is 3.64. The number of aromatic amines is 1. The second-order valence-corrected chi connectivity index (χ2v) is 4.29. The van der Waals surface area contributed by atoms with E-state index in [4.69, 9.17) is 0 Å². The van der Waals surface area contributed by atoms with Crippen molar-refractivity contribution < 1.29 is 0 Å². The number of hydrogen-bond acceptors (Lipinski definition) is 1. The van der Waals surface area contributed by atoms with Gasteiger partial charge in [-0.3, -0.25) is 0 Å². The molecular weight excluding hydrogens is 172 g/mol. The van der Waals surface area contributed by atoms with E-state index in [1.165, 1.54) is 44.1 Å². The van der Waals surface area contributed by atoms with Crippen LogP contribution in [0.4, 0.5) is 0 Å². The SMILES string of the molecule is c1cc(CNC2CCCCCC2)c[nH]1. The maximum atomic E-state index is 3.64. The molecule has 2 N–H and O–H groups in total. The molecule has 0 spiro atoms. The van der Waals surface area contributed by atoms with Gasteiger partial charge in [0.25, 0.3) is 0 Å². The Hall–Kier alpha value is -0.760. The lowest BCUT2D eigenvalue weighted by Crippen LogP contribution is -2.27.